The third kappa shape index (κ3) is 5.02. The molecule has 1 saturated carbocycles. The summed E-state index contributed by atoms with van der Waals surface area (Å²) in [4.78, 5) is 20.8. The summed E-state index contributed by atoms with van der Waals surface area (Å²) >= 11 is 0. The molecule has 2 atom stereocenters. The maximum absolute atomic E-state index is 11.2. The van der Waals surface area contributed by atoms with Crippen LogP contribution < -0.4 is 5.43 Å². The van der Waals surface area contributed by atoms with Crippen LogP contribution in [0.2, 0.25) is 0 Å². The number of hydrazone groups is 1. The molecule has 0 aliphatic heterocycles. The van der Waals surface area contributed by atoms with Crippen LogP contribution in [0, 0.1) is 37.5 Å². The molecule has 1 fully saturated rings. The largest absolute Gasteiger partial charge is 0.301 e. The van der Waals surface area contributed by atoms with E-state index in [1.54, 1.807) is 0 Å². The Kier molecular flexibility index (Phi) is 6.51. The van der Waals surface area contributed by atoms with Crippen molar-refractivity contribution in [2.24, 2.45) is 22.4 Å². The summed E-state index contributed by atoms with van der Waals surface area (Å²) in [5.74, 6) is 0.935. The molecule has 0 radical (unpaired) electrons. The summed E-state index contributed by atoms with van der Waals surface area (Å²) in [6, 6.07) is 3.53. The number of nitrogens with zero attached hydrogens (tertiary/aromatic N) is 3. The topological polar surface area (TPSA) is 111 Å². The second-order valence-corrected chi connectivity index (χ2v) is 8.04. The number of nitro benzene ring substituents is 2. The van der Waals surface area contributed by atoms with Crippen molar-refractivity contribution in [3.8, 4) is 0 Å². The van der Waals surface area contributed by atoms with E-state index in [0.29, 0.717) is 17.3 Å². The van der Waals surface area contributed by atoms with Gasteiger partial charge in [0.25, 0.3) is 5.69 Å². The summed E-state index contributed by atoms with van der Waals surface area (Å²) in [5.41, 5.74) is 3.56. The van der Waals surface area contributed by atoms with Gasteiger partial charge in [-0.15, -0.1) is 0 Å². The standard InChI is InChI=1S/C19H28N4O4/c1-5-10-19(3,4)14-6-8-16(13(2)11-14)20-21-17-9-7-15(22(24)25)12-18(17)23(26)27/h7,9,12-14,21H,5-6,8,10-11H2,1-4H3/t13-,14-/m1/s1. The van der Waals surface area contributed by atoms with Crippen LogP contribution in [0.1, 0.15) is 59.8 Å². The molecule has 0 saturated heterocycles. The maximum atomic E-state index is 11.2. The number of nitro groups is 2. The molecule has 27 heavy (non-hydrogen) atoms. The van der Waals surface area contributed by atoms with E-state index in [-0.39, 0.29) is 17.1 Å². The monoisotopic (exact) mass is 376 g/mol. The quantitative estimate of drug-likeness (QED) is 0.496. The number of nitrogens with one attached hydrogen (secondary N) is 1. The number of hydrogen-bond donors (Lipinski definition) is 1. The van der Waals surface area contributed by atoms with Crippen molar-refractivity contribution in [2.75, 3.05) is 5.43 Å². The van der Waals surface area contributed by atoms with Crippen LogP contribution in [-0.4, -0.2) is 15.6 Å². The van der Waals surface area contributed by atoms with Crippen LogP contribution in [0.3, 0.4) is 0 Å². The van der Waals surface area contributed by atoms with Crippen LogP contribution in [-0.2, 0) is 0 Å². The van der Waals surface area contributed by atoms with Gasteiger partial charge >= 0.3 is 5.69 Å². The van der Waals surface area contributed by atoms with Crippen molar-refractivity contribution in [1.29, 1.82) is 0 Å². The molecule has 8 heteroatoms. The summed E-state index contributed by atoms with van der Waals surface area (Å²) < 4.78 is 0. The molecule has 8 nitrogen and oxygen atoms in total. The summed E-state index contributed by atoms with van der Waals surface area (Å²) in [6.45, 7) is 9.00. The Labute approximate surface area is 159 Å². The van der Waals surface area contributed by atoms with Gasteiger partial charge in [0.1, 0.15) is 5.69 Å². The van der Waals surface area contributed by atoms with Gasteiger partial charge in [-0.1, -0.05) is 34.1 Å². The number of non-ortho nitro benzene ring substituents is 1. The van der Waals surface area contributed by atoms with E-state index in [9.17, 15) is 20.2 Å². The smallest absolute Gasteiger partial charge is 0.272 e. The second-order valence-electron chi connectivity index (χ2n) is 8.04. The van der Waals surface area contributed by atoms with Gasteiger partial charge in [0.15, 0.2) is 0 Å². The number of benzene rings is 1. The molecular weight excluding hydrogens is 348 g/mol. The van der Waals surface area contributed by atoms with Crippen LogP contribution in [0.15, 0.2) is 23.3 Å². The molecule has 1 aromatic carbocycles. The fraction of sp³-hybridized carbons (Fsp3) is 0.632. The third-order valence-electron chi connectivity index (χ3n) is 5.66. The fourth-order valence-corrected chi connectivity index (χ4v) is 3.98. The van der Waals surface area contributed by atoms with Crippen LogP contribution in [0.5, 0.6) is 0 Å². The number of anilines is 1. The van der Waals surface area contributed by atoms with Crippen LogP contribution >= 0.6 is 0 Å². The maximum Gasteiger partial charge on any atom is 0.301 e. The lowest BCUT2D eigenvalue weighted by Crippen LogP contribution is -2.33. The molecule has 0 bridgehead atoms. The molecule has 0 aromatic heterocycles. The van der Waals surface area contributed by atoms with Crippen molar-refractivity contribution in [2.45, 2.75) is 59.8 Å². The Morgan fingerprint density at radius 1 is 1.26 bits per heavy atom. The highest BCUT2D eigenvalue weighted by Crippen LogP contribution is 2.42. The molecule has 0 spiro atoms. The molecule has 0 heterocycles. The minimum Gasteiger partial charge on any atom is -0.272 e. The van der Waals surface area contributed by atoms with Crippen molar-refractivity contribution < 1.29 is 9.85 Å². The van der Waals surface area contributed by atoms with Crippen molar-refractivity contribution in [3.63, 3.8) is 0 Å². The van der Waals surface area contributed by atoms with Gasteiger partial charge in [-0.25, -0.2) is 0 Å². The minimum absolute atomic E-state index is 0.165. The predicted octanol–water partition coefficient (Wildman–Crippen LogP) is 5.53. The van der Waals surface area contributed by atoms with Gasteiger partial charge < -0.3 is 0 Å². The Bertz CT molecular complexity index is 745. The molecule has 1 aromatic rings. The van der Waals surface area contributed by atoms with E-state index in [2.05, 4.69) is 38.2 Å². The molecule has 2 rings (SSSR count). The molecule has 1 aliphatic rings. The first-order valence-electron chi connectivity index (χ1n) is 9.41. The third-order valence-corrected chi connectivity index (χ3v) is 5.66. The fourth-order valence-electron chi connectivity index (χ4n) is 3.98. The van der Waals surface area contributed by atoms with Gasteiger partial charge in [0, 0.05) is 11.8 Å². The van der Waals surface area contributed by atoms with Crippen molar-refractivity contribution >= 4 is 22.8 Å². The molecule has 148 valence electrons. The zero-order valence-electron chi connectivity index (χ0n) is 16.4. The van der Waals surface area contributed by atoms with E-state index >= 15 is 0 Å². The molecule has 0 amide bonds. The number of hydrogen-bond acceptors (Lipinski definition) is 6. The first-order valence-corrected chi connectivity index (χ1v) is 9.41. The molecular formula is C19H28N4O4. The lowest BCUT2D eigenvalue weighted by molar-refractivity contribution is -0.393. The highest BCUT2D eigenvalue weighted by Gasteiger charge is 2.34. The van der Waals surface area contributed by atoms with Gasteiger partial charge in [-0.3, -0.25) is 25.7 Å². The van der Waals surface area contributed by atoms with E-state index in [1.165, 1.54) is 25.0 Å². The summed E-state index contributed by atoms with van der Waals surface area (Å²) in [7, 11) is 0. The SMILES string of the molecule is CCCC(C)(C)[C@@H]1CCC(=NNc2ccc([N+](=O)[O-])cc2[N+](=O)[O-])[C@H](C)C1. The Morgan fingerprint density at radius 2 is 1.96 bits per heavy atom. The second kappa shape index (κ2) is 8.45. The average molecular weight is 376 g/mol. The first kappa shape index (κ1) is 20.8. The Hall–Kier alpha value is -2.51. The summed E-state index contributed by atoms with van der Waals surface area (Å²) in [6.07, 6.45) is 5.33. The van der Waals surface area contributed by atoms with E-state index < -0.39 is 9.85 Å². The predicted molar refractivity (Wildman–Crippen MR) is 106 cm³/mol. The zero-order valence-corrected chi connectivity index (χ0v) is 16.4. The molecule has 0 unspecified atom stereocenters. The van der Waals surface area contributed by atoms with Gasteiger partial charge in [-0.2, -0.15) is 5.10 Å². The van der Waals surface area contributed by atoms with Crippen LogP contribution in [0.4, 0.5) is 17.1 Å². The lowest BCUT2D eigenvalue weighted by atomic mass is 9.66. The van der Waals surface area contributed by atoms with Crippen molar-refractivity contribution in [3.05, 3.63) is 38.4 Å². The van der Waals surface area contributed by atoms with Gasteiger partial charge in [0.2, 0.25) is 0 Å². The van der Waals surface area contributed by atoms with E-state index in [1.807, 2.05) is 0 Å². The van der Waals surface area contributed by atoms with Crippen LogP contribution in [0.25, 0.3) is 0 Å². The minimum atomic E-state index is -0.649. The summed E-state index contributed by atoms with van der Waals surface area (Å²) in [5, 5.41) is 26.5. The van der Waals surface area contributed by atoms with E-state index in [4.69, 9.17) is 0 Å². The van der Waals surface area contributed by atoms with Gasteiger partial charge in [-0.05, 0) is 49.0 Å². The zero-order chi connectivity index (χ0) is 20.2. The van der Waals surface area contributed by atoms with E-state index in [0.717, 1.165) is 31.0 Å². The number of rotatable bonds is 7. The normalized spacial score (nSPS) is 21.9. The Balaban J connectivity index is 2.13. The first-order chi connectivity index (χ1) is 12.7. The molecule has 1 N–H and O–H groups in total. The lowest BCUT2D eigenvalue weighted by Gasteiger charge is -2.39. The molecule has 1 aliphatic carbocycles. The Morgan fingerprint density at radius 3 is 2.52 bits per heavy atom. The van der Waals surface area contributed by atoms with Crippen molar-refractivity contribution in [1.82, 2.24) is 0 Å². The van der Waals surface area contributed by atoms with Gasteiger partial charge in [0.05, 0.1) is 15.9 Å². The highest BCUT2D eigenvalue weighted by atomic mass is 16.6. The average Bonchev–Trinajstić information content (AvgIpc) is 2.60. The highest BCUT2D eigenvalue weighted by molar-refractivity contribution is 5.88.